The zero-order chi connectivity index (χ0) is 28.1. The Bertz CT molecular complexity index is 1800. The SMILES string of the molecule is c1ccc(-c2ccc(-c3ccccc3-c3ccccc3-c3ccccc3-c3ccc(-c4ccccn4)cc3)cn2)cc1. The second kappa shape index (κ2) is 11.5. The number of nitrogens with zero attached hydrogens (tertiary/aromatic N) is 2. The van der Waals surface area contributed by atoms with Gasteiger partial charge in [-0.25, -0.2) is 0 Å². The summed E-state index contributed by atoms with van der Waals surface area (Å²) in [5, 5.41) is 0. The largest absolute Gasteiger partial charge is 0.256 e. The molecule has 0 aliphatic rings. The van der Waals surface area contributed by atoms with Gasteiger partial charge in [0, 0.05) is 29.1 Å². The van der Waals surface area contributed by atoms with E-state index in [0.29, 0.717) is 0 Å². The minimum absolute atomic E-state index is 0.972. The lowest BCUT2D eigenvalue weighted by molar-refractivity contribution is 1.32. The molecule has 0 N–H and O–H groups in total. The lowest BCUT2D eigenvalue weighted by atomic mass is 9.87. The summed E-state index contributed by atoms with van der Waals surface area (Å²) in [6.45, 7) is 0. The zero-order valence-electron chi connectivity index (χ0n) is 23.1. The molecule has 5 aromatic carbocycles. The Labute approximate surface area is 246 Å². The van der Waals surface area contributed by atoms with E-state index in [4.69, 9.17) is 4.98 Å². The lowest BCUT2D eigenvalue weighted by Gasteiger charge is -2.17. The lowest BCUT2D eigenvalue weighted by Crippen LogP contribution is -1.92. The third-order valence-corrected chi connectivity index (χ3v) is 7.66. The number of rotatable bonds is 6. The van der Waals surface area contributed by atoms with Crippen molar-refractivity contribution in [2.75, 3.05) is 0 Å². The summed E-state index contributed by atoms with van der Waals surface area (Å²) in [6.07, 6.45) is 3.82. The van der Waals surface area contributed by atoms with Crippen molar-refractivity contribution in [2.24, 2.45) is 0 Å². The van der Waals surface area contributed by atoms with Gasteiger partial charge in [0.1, 0.15) is 0 Å². The molecule has 2 heterocycles. The summed E-state index contributed by atoms with van der Waals surface area (Å²) in [7, 11) is 0. The Hall–Kier alpha value is -5.60. The van der Waals surface area contributed by atoms with E-state index < -0.39 is 0 Å². The van der Waals surface area contributed by atoms with Crippen molar-refractivity contribution in [3.8, 4) is 67.0 Å². The summed E-state index contributed by atoms with van der Waals surface area (Å²) in [4.78, 5) is 9.33. The molecule has 0 atom stereocenters. The maximum absolute atomic E-state index is 4.82. The molecule has 2 heteroatoms. The van der Waals surface area contributed by atoms with Crippen LogP contribution in [-0.4, -0.2) is 9.97 Å². The van der Waals surface area contributed by atoms with Gasteiger partial charge in [0.15, 0.2) is 0 Å². The number of hydrogen-bond acceptors (Lipinski definition) is 2. The van der Waals surface area contributed by atoms with Crippen molar-refractivity contribution in [3.05, 3.63) is 170 Å². The van der Waals surface area contributed by atoms with Crippen LogP contribution in [0.1, 0.15) is 0 Å². The van der Waals surface area contributed by atoms with Gasteiger partial charge in [-0.2, -0.15) is 0 Å². The van der Waals surface area contributed by atoms with Crippen LogP contribution in [0.15, 0.2) is 170 Å². The molecule has 7 rings (SSSR count). The van der Waals surface area contributed by atoms with Gasteiger partial charge in [-0.15, -0.1) is 0 Å². The first-order valence-corrected chi connectivity index (χ1v) is 14.2. The average molecular weight is 537 g/mol. The number of aromatic nitrogens is 2. The molecule has 42 heavy (non-hydrogen) atoms. The van der Waals surface area contributed by atoms with Crippen LogP contribution < -0.4 is 0 Å². The molecule has 0 fully saturated rings. The fourth-order valence-corrected chi connectivity index (χ4v) is 5.58. The van der Waals surface area contributed by atoms with Gasteiger partial charge in [-0.1, -0.05) is 140 Å². The molecule has 0 radical (unpaired) electrons. The normalized spacial score (nSPS) is 10.9. The van der Waals surface area contributed by atoms with Crippen LogP contribution in [0.3, 0.4) is 0 Å². The molecular formula is C40H28N2. The van der Waals surface area contributed by atoms with Gasteiger partial charge in [0.05, 0.1) is 11.4 Å². The fourth-order valence-electron chi connectivity index (χ4n) is 5.58. The molecule has 0 bridgehead atoms. The quantitative estimate of drug-likeness (QED) is 0.211. The van der Waals surface area contributed by atoms with Crippen LogP contribution in [0.25, 0.3) is 67.0 Å². The smallest absolute Gasteiger partial charge is 0.0702 e. The first-order valence-electron chi connectivity index (χ1n) is 14.2. The third kappa shape index (κ3) is 5.02. The molecule has 0 saturated carbocycles. The Morgan fingerprint density at radius 3 is 1.24 bits per heavy atom. The van der Waals surface area contributed by atoms with Gasteiger partial charge in [0.2, 0.25) is 0 Å². The highest BCUT2D eigenvalue weighted by atomic mass is 14.7. The molecule has 2 aromatic heterocycles. The van der Waals surface area contributed by atoms with Gasteiger partial charge >= 0.3 is 0 Å². The maximum Gasteiger partial charge on any atom is 0.0702 e. The molecule has 0 saturated heterocycles. The second-order valence-electron chi connectivity index (χ2n) is 10.2. The van der Waals surface area contributed by atoms with Crippen LogP contribution in [0, 0.1) is 0 Å². The van der Waals surface area contributed by atoms with Gasteiger partial charge < -0.3 is 0 Å². The predicted octanol–water partition coefficient (Wildman–Crippen LogP) is 10.5. The highest BCUT2D eigenvalue weighted by molar-refractivity contribution is 5.95. The molecule has 7 aromatic rings. The highest BCUT2D eigenvalue weighted by Crippen LogP contribution is 2.41. The summed E-state index contributed by atoms with van der Waals surface area (Å²) in [6, 6.07) is 55.3. The van der Waals surface area contributed by atoms with Crippen LogP contribution in [0.4, 0.5) is 0 Å². The number of benzene rings is 5. The van der Waals surface area contributed by atoms with E-state index >= 15 is 0 Å². The van der Waals surface area contributed by atoms with E-state index in [1.54, 1.807) is 0 Å². The molecule has 0 aliphatic heterocycles. The predicted molar refractivity (Wildman–Crippen MR) is 175 cm³/mol. The Kier molecular flexibility index (Phi) is 6.94. The maximum atomic E-state index is 4.82. The first kappa shape index (κ1) is 25.4. The Morgan fingerprint density at radius 1 is 0.262 bits per heavy atom. The van der Waals surface area contributed by atoms with E-state index in [-0.39, 0.29) is 0 Å². The van der Waals surface area contributed by atoms with E-state index in [1.807, 2.05) is 48.8 Å². The van der Waals surface area contributed by atoms with Crippen molar-refractivity contribution in [3.63, 3.8) is 0 Å². The van der Waals surface area contributed by atoms with Crippen LogP contribution in [0.2, 0.25) is 0 Å². The van der Waals surface area contributed by atoms with Crippen molar-refractivity contribution >= 4 is 0 Å². The van der Waals surface area contributed by atoms with E-state index in [1.165, 1.54) is 33.4 Å². The van der Waals surface area contributed by atoms with Crippen molar-refractivity contribution in [2.45, 2.75) is 0 Å². The topological polar surface area (TPSA) is 25.8 Å². The molecule has 2 nitrogen and oxygen atoms in total. The number of pyridine rings is 2. The van der Waals surface area contributed by atoms with Gasteiger partial charge in [-0.05, 0) is 57.1 Å². The Morgan fingerprint density at radius 2 is 0.690 bits per heavy atom. The summed E-state index contributed by atoms with van der Waals surface area (Å²) in [5.74, 6) is 0. The monoisotopic (exact) mass is 536 g/mol. The summed E-state index contributed by atoms with van der Waals surface area (Å²) < 4.78 is 0. The molecular weight excluding hydrogens is 508 g/mol. The van der Waals surface area contributed by atoms with Crippen molar-refractivity contribution in [1.29, 1.82) is 0 Å². The molecule has 198 valence electrons. The standard InChI is InChI=1S/C40H28N2/c1-2-12-30(13-3-1)40-26-25-32(28-42-40)34-15-5-7-17-36(34)38-19-9-8-18-37(38)35-16-6-4-14-33(35)29-21-23-31(24-22-29)39-20-10-11-27-41-39/h1-28H. The molecule has 0 aliphatic carbocycles. The summed E-state index contributed by atoms with van der Waals surface area (Å²) >= 11 is 0. The van der Waals surface area contributed by atoms with E-state index in [2.05, 4.69) is 126 Å². The minimum atomic E-state index is 0.972. The summed E-state index contributed by atoms with van der Waals surface area (Å²) in [5.41, 5.74) is 13.6. The Balaban J connectivity index is 1.29. The van der Waals surface area contributed by atoms with E-state index in [9.17, 15) is 0 Å². The van der Waals surface area contributed by atoms with E-state index in [0.717, 1.165) is 33.6 Å². The van der Waals surface area contributed by atoms with Gasteiger partial charge in [0.25, 0.3) is 0 Å². The minimum Gasteiger partial charge on any atom is -0.256 e. The fraction of sp³-hybridized carbons (Fsp3) is 0. The molecule has 0 unspecified atom stereocenters. The zero-order valence-corrected chi connectivity index (χ0v) is 23.1. The van der Waals surface area contributed by atoms with Gasteiger partial charge in [-0.3, -0.25) is 9.97 Å². The van der Waals surface area contributed by atoms with Crippen molar-refractivity contribution < 1.29 is 0 Å². The highest BCUT2D eigenvalue weighted by Gasteiger charge is 2.15. The second-order valence-corrected chi connectivity index (χ2v) is 10.2. The van der Waals surface area contributed by atoms with Crippen LogP contribution in [0.5, 0.6) is 0 Å². The van der Waals surface area contributed by atoms with Crippen LogP contribution >= 0.6 is 0 Å². The average Bonchev–Trinajstić information content (AvgIpc) is 3.09. The first-order chi connectivity index (χ1) is 20.8. The number of hydrogen-bond donors (Lipinski definition) is 0. The molecule has 0 spiro atoms. The van der Waals surface area contributed by atoms with Crippen LogP contribution in [-0.2, 0) is 0 Å². The van der Waals surface area contributed by atoms with Crippen molar-refractivity contribution in [1.82, 2.24) is 9.97 Å². The molecule has 0 amide bonds. The third-order valence-electron chi connectivity index (χ3n) is 7.66.